The Balaban J connectivity index is 1.92. The second-order valence-electron chi connectivity index (χ2n) is 5.43. The minimum absolute atomic E-state index is 0.153. The second-order valence-corrected chi connectivity index (χ2v) is 6.52. The number of nitrogens with zero attached hydrogens (tertiary/aromatic N) is 1. The molecule has 1 heterocycles. The molecule has 0 aliphatic rings. The van der Waals surface area contributed by atoms with Crippen LogP contribution in [0.1, 0.15) is 5.56 Å². The molecule has 26 heavy (non-hydrogen) atoms. The lowest BCUT2D eigenvalue weighted by Gasteiger charge is -2.12. The maximum atomic E-state index is 13.9. The molecule has 3 N–H and O–H groups in total. The van der Waals surface area contributed by atoms with Gasteiger partial charge in [0, 0.05) is 38.1 Å². The monoisotopic (exact) mass is 391 g/mol. The zero-order valence-electron chi connectivity index (χ0n) is 13.8. The number of carbonyl (C=O) groups is 1. The van der Waals surface area contributed by atoms with Crippen LogP contribution in [-0.4, -0.2) is 18.0 Å². The first-order valence-corrected chi connectivity index (χ1v) is 8.85. The van der Waals surface area contributed by atoms with Gasteiger partial charge in [-0.2, -0.15) is 0 Å². The minimum Gasteiger partial charge on any atom is -0.481 e. The quantitative estimate of drug-likeness (QED) is 0.638. The van der Waals surface area contributed by atoms with E-state index in [0.29, 0.717) is 17.0 Å². The zero-order chi connectivity index (χ0) is 18.7. The number of methoxy groups -OCH3 is 1. The van der Waals surface area contributed by atoms with Gasteiger partial charge in [-0.3, -0.25) is 9.93 Å². The van der Waals surface area contributed by atoms with E-state index in [2.05, 4.69) is 10.3 Å². The Morgan fingerprint density at radius 1 is 1.35 bits per heavy atom. The van der Waals surface area contributed by atoms with Crippen LogP contribution in [0.5, 0.6) is 5.88 Å². The number of ether oxygens (including phenoxy) is 1. The third kappa shape index (κ3) is 3.75. The largest absolute Gasteiger partial charge is 0.481 e. The molecule has 0 atom stereocenters. The minimum atomic E-state index is -0.518. The average molecular weight is 392 g/mol. The molecular formula is C18H15ClFN3O2S. The lowest BCUT2D eigenvalue weighted by Crippen LogP contribution is -2.15. The number of rotatable bonds is 5. The van der Waals surface area contributed by atoms with Crippen LogP contribution in [0.15, 0.2) is 47.5 Å². The van der Waals surface area contributed by atoms with Gasteiger partial charge in [-0.05, 0) is 42.3 Å². The number of nitrogens with two attached hydrogens (primary N) is 1. The highest BCUT2D eigenvalue weighted by Crippen LogP contribution is 2.33. The Kier molecular flexibility index (Phi) is 5.61. The number of hydrogen-bond donors (Lipinski definition) is 2. The summed E-state index contributed by atoms with van der Waals surface area (Å²) in [7, 11) is 1.52. The average Bonchev–Trinajstić information content (AvgIpc) is 2.63. The Hall–Kier alpha value is -2.35. The van der Waals surface area contributed by atoms with Crippen LogP contribution >= 0.6 is 23.5 Å². The Morgan fingerprint density at radius 2 is 2.15 bits per heavy atom. The number of halogens is 2. The fourth-order valence-corrected chi connectivity index (χ4v) is 3.35. The van der Waals surface area contributed by atoms with Crippen molar-refractivity contribution in [1.29, 1.82) is 0 Å². The van der Waals surface area contributed by atoms with Crippen molar-refractivity contribution in [3.63, 3.8) is 0 Å². The molecule has 0 radical (unpaired) electrons. The highest BCUT2D eigenvalue weighted by atomic mass is 35.5. The smallest absolute Gasteiger partial charge is 0.228 e. The summed E-state index contributed by atoms with van der Waals surface area (Å²) >= 11 is 7.03. The van der Waals surface area contributed by atoms with Crippen LogP contribution in [-0.2, 0) is 11.2 Å². The second kappa shape index (κ2) is 7.90. The van der Waals surface area contributed by atoms with Crippen molar-refractivity contribution >= 4 is 45.9 Å². The fourth-order valence-electron chi connectivity index (χ4n) is 2.62. The van der Waals surface area contributed by atoms with Gasteiger partial charge in [-0.1, -0.05) is 17.7 Å². The molecule has 0 spiro atoms. The van der Waals surface area contributed by atoms with E-state index in [9.17, 15) is 9.18 Å². The molecule has 0 aliphatic heterocycles. The van der Waals surface area contributed by atoms with Crippen LogP contribution in [0, 0.1) is 5.82 Å². The highest BCUT2D eigenvalue weighted by Gasteiger charge is 2.14. The molecule has 2 aromatic carbocycles. The van der Waals surface area contributed by atoms with Crippen LogP contribution in [0.4, 0.5) is 10.1 Å². The van der Waals surface area contributed by atoms with E-state index in [1.807, 2.05) is 6.07 Å². The number of fused-ring (bicyclic) bond motifs is 1. The summed E-state index contributed by atoms with van der Waals surface area (Å²) in [6.07, 6.45) is 1.44. The van der Waals surface area contributed by atoms with Crippen molar-refractivity contribution in [2.75, 3.05) is 12.4 Å². The first kappa shape index (κ1) is 18.4. The molecular weight excluding hydrogens is 377 g/mol. The van der Waals surface area contributed by atoms with Gasteiger partial charge in [-0.15, -0.1) is 0 Å². The Morgan fingerprint density at radius 3 is 2.85 bits per heavy atom. The Bertz CT molecular complexity index is 964. The molecule has 0 unspecified atom stereocenters. The summed E-state index contributed by atoms with van der Waals surface area (Å²) in [4.78, 5) is 17.3. The molecule has 0 fully saturated rings. The summed E-state index contributed by atoms with van der Waals surface area (Å²) in [6.45, 7) is 0. The van der Waals surface area contributed by atoms with Gasteiger partial charge >= 0.3 is 0 Å². The van der Waals surface area contributed by atoms with E-state index in [4.69, 9.17) is 21.5 Å². The highest BCUT2D eigenvalue weighted by molar-refractivity contribution is 7.97. The summed E-state index contributed by atoms with van der Waals surface area (Å²) in [6, 6.07) is 9.60. The van der Waals surface area contributed by atoms with E-state index >= 15 is 0 Å². The number of pyridine rings is 1. The maximum Gasteiger partial charge on any atom is 0.228 e. The molecule has 8 heteroatoms. The van der Waals surface area contributed by atoms with Gasteiger partial charge < -0.3 is 10.1 Å². The van der Waals surface area contributed by atoms with E-state index in [-0.39, 0.29) is 17.0 Å². The van der Waals surface area contributed by atoms with Crippen LogP contribution in [0.3, 0.4) is 0 Å². The van der Waals surface area contributed by atoms with Crippen molar-refractivity contribution in [2.24, 2.45) is 5.14 Å². The summed E-state index contributed by atoms with van der Waals surface area (Å²) in [5, 5.41) is 10.3. The Labute approximate surface area is 158 Å². The predicted molar refractivity (Wildman–Crippen MR) is 102 cm³/mol. The molecule has 134 valence electrons. The lowest BCUT2D eigenvalue weighted by atomic mass is 10.1. The van der Waals surface area contributed by atoms with Gasteiger partial charge in [0.25, 0.3) is 0 Å². The maximum absolute atomic E-state index is 13.9. The summed E-state index contributed by atoms with van der Waals surface area (Å²) < 4.78 is 19.1. The number of nitrogens with one attached hydrogen (secondary N) is 1. The molecule has 3 aromatic rings. The fraction of sp³-hybridized carbons (Fsp3) is 0.111. The summed E-state index contributed by atoms with van der Waals surface area (Å²) in [5.74, 6) is -0.492. The first-order chi connectivity index (χ1) is 12.5. The van der Waals surface area contributed by atoms with Crippen LogP contribution in [0.2, 0.25) is 5.02 Å². The first-order valence-electron chi connectivity index (χ1n) is 7.59. The van der Waals surface area contributed by atoms with Crippen molar-refractivity contribution in [3.05, 3.63) is 59.0 Å². The normalized spacial score (nSPS) is 10.8. The van der Waals surface area contributed by atoms with E-state index < -0.39 is 11.7 Å². The van der Waals surface area contributed by atoms with Crippen molar-refractivity contribution < 1.29 is 13.9 Å². The van der Waals surface area contributed by atoms with Crippen LogP contribution in [0.25, 0.3) is 10.8 Å². The summed E-state index contributed by atoms with van der Waals surface area (Å²) in [5.41, 5.74) is 0.661. The predicted octanol–water partition coefficient (Wildman–Crippen LogP) is 4.18. The molecule has 0 saturated carbocycles. The van der Waals surface area contributed by atoms with Gasteiger partial charge in [0.1, 0.15) is 5.82 Å². The van der Waals surface area contributed by atoms with Gasteiger partial charge in [0.2, 0.25) is 11.8 Å². The number of amides is 1. The number of hydrogen-bond acceptors (Lipinski definition) is 5. The molecule has 0 bridgehead atoms. The molecule has 1 aromatic heterocycles. The number of anilines is 1. The van der Waals surface area contributed by atoms with Crippen molar-refractivity contribution in [3.8, 4) is 5.88 Å². The molecule has 0 aliphatic carbocycles. The number of aromatic nitrogens is 1. The number of benzene rings is 2. The SMILES string of the molecule is COc1nccc2c(SN)cc(NC(=O)Cc3c(F)cccc3Cl)cc12. The third-order valence-corrected chi connectivity index (χ3v) is 4.75. The lowest BCUT2D eigenvalue weighted by molar-refractivity contribution is -0.115. The van der Waals surface area contributed by atoms with E-state index in [0.717, 1.165) is 22.2 Å². The van der Waals surface area contributed by atoms with Crippen molar-refractivity contribution in [1.82, 2.24) is 4.98 Å². The van der Waals surface area contributed by atoms with Crippen molar-refractivity contribution in [2.45, 2.75) is 11.3 Å². The van der Waals surface area contributed by atoms with Gasteiger partial charge in [0.15, 0.2) is 0 Å². The molecule has 5 nitrogen and oxygen atoms in total. The molecule has 1 amide bonds. The van der Waals surface area contributed by atoms with Gasteiger partial charge in [0.05, 0.1) is 13.5 Å². The van der Waals surface area contributed by atoms with Gasteiger partial charge in [-0.25, -0.2) is 9.37 Å². The molecule has 0 saturated heterocycles. The topological polar surface area (TPSA) is 77.2 Å². The van der Waals surface area contributed by atoms with E-state index in [1.54, 1.807) is 24.4 Å². The molecule has 3 rings (SSSR count). The van der Waals surface area contributed by atoms with E-state index in [1.165, 1.54) is 19.2 Å². The van der Waals surface area contributed by atoms with Crippen LogP contribution < -0.4 is 15.2 Å². The zero-order valence-corrected chi connectivity index (χ0v) is 15.3. The number of carbonyl (C=O) groups excluding carboxylic acids is 1. The third-order valence-electron chi connectivity index (χ3n) is 3.81. The standard InChI is InChI=1S/C18H15ClFN3O2S/c1-25-18-12-7-10(8-16(26-21)11(12)5-6-22-18)23-17(24)9-13-14(19)3-2-4-15(13)20/h2-8H,9,21H2,1H3,(H,23,24).